The summed E-state index contributed by atoms with van der Waals surface area (Å²) in [5.74, 6) is 1.81. The van der Waals surface area contributed by atoms with Crippen LogP contribution in [-0.4, -0.2) is 79.3 Å². The van der Waals surface area contributed by atoms with E-state index in [0.717, 1.165) is 101 Å². The Balaban J connectivity index is 1.23. The molecule has 1 amide bonds. The zero-order chi connectivity index (χ0) is 31.1. The average Bonchev–Trinajstić information content (AvgIpc) is 3.18. The molecule has 1 spiro atoms. The second-order valence-corrected chi connectivity index (χ2v) is 16.0. The number of amides is 1. The molecule has 2 fully saturated rings. The third kappa shape index (κ3) is 6.47. The van der Waals surface area contributed by atoms with E-state index in [1.807, 2.05) is 24.3 Å². The number of hydrogen-bond acceptors (Lipinski definition) is 7. The van der Waals surface area contributed by atoms with Crippen molar-refractivity contribution in [3.63, 3.8) is 0 Å². The highest BCUT2D eigenvalue weighted by Gasteiger charge is 2.45. The number of ether oxygens (including phenoxy) is 2. The second kappa shape index (κ2) is 13.3. The van der Waals surface area contributed by atoms with Crippen LogP contribution in [0, 0.1) is 17.8 Å². The van der Waals surface area contributed by atoms with Gasteiger partial charge in [0.2, 0.25) is 0 Å². The number of fused-ring (bicyclic) bond motifs is 4. The number of anilines is 1. The first-order valence-electron chi connectivity index (χ1n) is 17.1. The third-order valence-corrected chi connectivity index (χ3v) is 13.0. The molecule has 244 valence electrons. The lowest BCUT2D eigenvalue weighted by atomic mass is 9.67. The van der Waals surface area contributed by atoms with Crippen molar-refractivity contribution >= 4 is 35.1 Å². The maximum absolute atomic E-state index is 13.5. The predicted octanol–water partition coefficient (Wildman–Crippen LogP) is 6.10. The molecule has 45 heavy (non-hydrogen) atoms. The largest absolute Gasteiger partial charge is 0.490 e. The van der Waals surface area contributed by atoms with Crippen LogP contribution in [0.2, 0.25) is 5.02 Å². The van der Waals surface area contributed by atoms with E-state index in [0.29, 0.717) is 30.0 Å². The molecule has 5 aliphatic rings. The molecule has 2 aromatic rings. The molecule has 7 rings (SSSR count). The maximum Gasteiger partial charge on any atom is 0.261 e. The van der Waals surface area contributed by atoms with Crippen molar-refractivity contribution in [2.75, 3.05) is 50.9 Å². The molecule has 0 unspecified atom stereocenters. The lowest BCUT2D eigenvalue weighted by molar-refractivity contribution is -0.0324. The van der Waals surface area contributed by atoms with Crippen LogP contribution in [0.3, 0.4) is 0 Å². The quantitative estimate of drug-likeness (QED) is 0.361. The van der Waals surface area contributed by atoms with Gasteiger partial charge in [0.05, 0.1) is 31.6 Å². The first-order valence-corrected chi connectivity index (χ1v) is 18.3. The summed E-state index contributed by atoms with van der Waals surface area (Å²) in [5, 5.41) is 12.9. The number of rotatable bonds is 1. The molecule has 9 heteroatoms. The van der Waals surface area contributed by atoms with Gasteiger partial charge in [0.1, 0.15) is 5.75 Å². The Morgan fingerprint density at radius 3 is 2.73 bits per heavy atom. The minimum Gasteiger partial charge on any atom is -0.490 e. The van der Waals surface area contributed by atoms with Gasteiger partial charge < -0.3 is 19.5 Å². The molecule has 2 aliphatic carbocycles. The van der Waals surface area contributed by atoms with Gasteiger partial charge in [-0.05, 0) is 116 Å². The summed E-state index contributed by atoms with van der Waals surface area (Å²) in [6.45, 7) is 10.1. The zero-order valence-electron chi connectivity index (χ0n) is 26.7. The van der Waals surface area contributed by atoms with E-state index < -0.39 is 0 Å². The Morgan fingerprint density at radius 1 is 1.09 bits per heavy atom. The van der Waals surface area contributed by atoms with Gasteiger partial charge in [0.15, 0.2) is 0 Å². The third-order valence-electron chi connectivity index (χ3n) is 11.6. The molecule has 3 heterocycles. The van der Waals surface area contributed by atoms with Crippen molar-refractivity contribution in [2.24, 2.45) is 17.8 Å². The van der Waals surface area contributed by atoms with Gasteiger partial charge >= 0.3 is 0 Å². The van der Waals surface area contributed by atoms with Crippen LogP contribution in [0.25, 0.3) is 0 Å². The first kappa shape index (κ1) is 31.6. The van der Waals surface area contributed by atoms with E-state index in [1.165, 1.54) is 23.1 Å². The molecule has 2 aromatic carbocycles. The van der Waals surface area contributed by atoms with Crippen LogP contribution in [0.1, 0.15) is 73.9 Å². The molecule has 7 nitrogen and oxygen atoms in total. The highest BCUT2D eigenvalue weighted by atomic mass is 35.5. The van der Waals surface area contributed by atoms with Gasteiger partial charge in [0.25, 0.3) is 5.91 Å². The molecular weight excluding hydrogens is 606 g/mol. The Kier molecular flexibility index (Phi) is 9.32. The number of halogens is 1. The average molecular weight is 654 g/mol. The van der Waals surface area contributed by atoms with Crippen molar-refractivity contribution in [2.45, 2.75) is 81.6 Å². The van der Waals surface area contributed by atoms with E-state index in [9.17, 15) is 9.90 Å². The number of aryl methyl sites for hydroxylation is 1. The number of carbonyl (C=O) groups excluding carboxylic acids is 1. The van der Waals surface area contributed by atoms with Crippen molar-refractivity contribution in [3.05, 3.63) is 58.1 Å². The lowest BCUT2D eigenvalue weighted by Crippen LogP contribution is -2.51. The van der Waals surface area contributed by atoms with Gasteiger partial charge in [-0.25, -0.2) is 0 Å². The van der Waals surface area contributed by atoms with Crippen molar-refractivity contribution in [3.8, 4) is 5.75 Å². The number of morpholine rings is 1. The van der Waals surface area contributed by atoms with Crippen LogP contribution < -0.4 is 14.4 Å². The van der Waals surface area contributed by atoms with E-state index >= 15 is 0 Å². The lowest BCUT2D eigenvalue weighted by Gasteiger charge is -2.47. The maximum atomic E-state index is 13.5. The topological polar surface area (TPSA) is 74.3 Å². The summed E-state index contributed by atoms with van der Waals surface area (Å²) >= 11 is 7.97. The van der Waals surface area contributed by atoms with Gasteiger partial charge in [-0.15, -0.1) is 0 Å². The molecule has 1 saturated carbocycles. The Morgan fingerprint density at radius 2 is 1.93 bits per heavy atom. The minimum atomic E-state index is -0.333. The van der Waals surface area contributed by atoms with Crippen LogP contribution in [-0.2, 0) is 16.6 Å². The van der Waals surface area contributed by atoms with E-state index in [4.69, 9.17) is 21.1 Å². The molecule has 1 saturated heterocycles. The fourth-order valence-electron chi connectivity index (χ4n) is 8.60. The number of nitrogens with zero attached hydrogens (tertiary/aromatic N) is 2. The number of carbonyl (C=O) groups is 1. The Bertz CT molecular complexity index is 1390. The monoisotopic (exact) mass is 653 g/mol. The van der Waals surface area contributed by atoms with Gasteiger partial charge in [-0.3, -0.25) is 14.4 Å². The summed E-state index contributed by atoms with van der Waals surface area (Å²) in [7, 11) is 0. The van der Waals surface area contributed by atoms with Crippen molar-refractivity contribution in [1.82, 2.24) is 9.62 Å². The number of aliphatic hydroxyl groups excluding tert-OH is 1. The molecule has 0 radical (unpaired) electrons. The minimum absolute atomic E-state index is 0.0628. The molecule has 2 bridgehead atoms. The van der Waals surface area contributed by atoms with Crippen LogP contribution in [0.5, 0.6) is 5.75 Å². The highest BCUT2D eigenvalue weighted by molar-refractivity contribution is 7.98. The molecule has 7 atom stereocenters. The SMILES string of the molecule is C[C@H]1C[C@H](N2CCOCC2)C[C@@H](O)[C@@H]2CC[C@H]2CN2C[C@@]3(CCCc4cc(Cl)ccc43)COc3ccc(cc32)C(=O)NS[C@@H]1C. The Labute approximate surface area is 277 Å². The molecule has 2 N–H and O–H groups in total. The summed E-state index contributed by atoms with van der Waals surface area (Å²) in [6.07, 6.45) is 6.80. The first-order chi connectivity index (χ1) is 21.8. The van der Waals surface area contributed by atoms with Crippen LogP contribution in [0.4, 0.5) is 5.69 Å². The van der Waals surface area contributed by atoms with Gasteiger partial charge in [-0.1, -0.05) is 31.5 Å². The highest BCUT2D eigenvalue weighted by Crippen LogP contribution is 2.47. The van der Waals surface area contributed by atoms with Crippen LogP contribution in [0.15, 0.2) is 36.4 Å². The van der Waals surface area contributed by atoms with Gasteiger partial charge in [0, 0.05) is 53.5 Å². The fraction of sp³-hybridized carbons (Fsp3) is 0.639. The van der Waals surface area contributed by atoms with E-state index in [2.05, 4.69) is 40.5 Å². The number of aliphatic hydroxyl groups is 1. The smallest absolute Gasteiger partial charge is 0.261 e. The summed E-state index contributed by atoms with van der Waals surface area (Å²) < 4.78 is 15.5. The van der Waals surface area contributed by atoms with Crippen molar-refractivity contribution in [1.29, 1.82) is 0 Å². The molecule has 0 aromatic heterocycles. The number of benzene rings is 2. The number of nitrogens with one attached hydrogen (secondary N) is 1. The second-order valence-electron chi connectivity index (χ2n) is 14.4. The molecule has 3 aliphatic heterocycles. The zero-order valence-corrected chi connectivity index (χ0v) is 28.3. The summed E-state index contributed by atoms with van der Waals surface area (Å²) in [4.78, 5) is 18.6. The normalized spacial score (nSPS) is 34.5. The van der Waals surface area contributed by atoms with Gasteiger partial charge in [-0.2, -0.15) is 0 Å². The Hall–Kier alpha value is -1.97. The molecular formula is C36H48ClN3O4S. The number of hydrogen-bond donors (Lipinski definition) is 2. The van der Waals surface area contributed by atoms with Crippen LogP contribution >= 0.6 is 23.5 Å². The van der Waals surface area contributed by atoms with Crippen molar-refractivity contribution < 1.29 is 19.4 Å². The standard InChI is InChI=1S/C36H48ClN3O4S/c1-23-16-29(39-12-14-43-15-13-39)19-33(41)30-8-5-27(30)20-40-21-36(11-3-4-25-17-28(37)7-9-31(25)36)22-44-34-10-6-26(18-32(34)40)35(42)38-45-24(23)2/h6-7,9-10,17-18,23-24,27,29-30,33,41H,3-5,8,11-16,19-22H2,1-2H3,(H,38,42)/t23-,24+,27-,29-,30+,33+,36-/m0/s1. The predicted molar refractivity (Wildman–Crippen MR) is 182 cm³/mol. The van der Waals surface area contributed by atoms with E-state index in [-0.39, 0.29) is 28.6 Å². The fourth-order valence-corrected chi connectivity index (χ4v) is 9.55. The van der Waals surface area contributed by atoms with E-state index in [1.54, 1.807) is 0 Å². The summed E-state index contributed by atoms with van der Waals surface area (Å²) in [5.41, 5.74) is 4.15. The summed E-state index contributed by atoms with van der Waals surface area (Å²) in [6, 6.07) is 12.6.